The third-order valence-electron chi connectivity index (χ3n) is 3.46. The van der Waals surface area contributed by atoms with Gasteiger partial charge in [0.1, 0.15) is 0 Å². The third-order valence-corrected chi connectivity index (χ3v) is 5.39. The first-order valence-electron chi connectivity index (χ1n) is 7.66. The Hall–Kier alpha value is -2.55. The molecule has 1 aromatic heterocycles. The highest BCUT2D eigenvalue weighted by atomic mass is 32.2. The van der Waals surface area contributed by atoms with Gasteiger partial charge in [-0.2, -0.15) is 0 Å². The number of thioether (sulfide) groups is 1. The lowest BCUT2D eigenvalue weighted by Crippen LogP contribution is -2.13. The van der Waals surface area contributed by atoms with Crippen LogP contribution in [0.1, 0.15) is 26.6 Å². The molecule has 0 saturated carbocycles. The molecule has 2 aromatic carbocycles. The highest BCUT2D eigenvalue weighted by Gasteiger charge is 2.12. The number of aryl methyl sites for hydroxylation is 1. The molecule has 0 unspecified atom stereocenters. The van der Waals surface area contributed by atoms with Gasteiger partial charge in [-0.05, 0) is 37.3 Å². The van der Waals surface area contributed by atoms with Crippen LogP contribution >= 0.6 is 23.1 Å². The van der Waals surface area contributed by atoms with E-state index < -0.39 is 0 Å². The molecule has 0 spiro atoms. The van der Waals surface area contributed by atoms with Crippen LogP contribution in [0.15, 0.2) is 58.8 Å². The molecule has 1 amide bonds. The van der Waals surface area contributed by atoms with E-state index in [1.807, 2.05) is 49.4 Å². The van der Waals surface area contributed by atoms with E-state index >= 15 is 0 Å². The second-order valence-electron chi connectivity index (χ2n) is 5.32. The molecular formula is C20H16N2OS2. The molecular weight excluding hydrogens is 348 g/mol. The number of thiazole rings is 1. The number of benzene rings is 2. The zero-order chi connectivity index (χ0) is 17.6. The van der Waals surface area contributed by atoms with Gasteiger partial charge in [-0.1, -0.05) is 24.1 Å². The zero-order valence-electron chi connectivity index (χ0n) is 13.7. The topological polar surface area (TPSA) is 42.0 Å². The summed E-state index contributed by atoms with van der Waals surface area (Å²) in [7, 11) is 0. The monoisotopic (exact) mass is 364 g/mol. The SMILES string of the molecule is C#Cc1cccc(NC(=O)c2ccccc2SCc2csc(C)n2)c1. The number of hydrogen-bond donors (Lipinski definition) is 1. The Morgan fingerprint density at radius 1 is 1.28 bits per heavy atom. The Kier molecular flexibility index (Phi) is 5.54. The van der Waals surface area contributed by atoms with E-state index in [9.17, 15) is 4.79 Å². The number of terminal acetylenes is 1. The molecule has 0 aliphatic carbocycles. The lowest BCUT2D eigenvalue weighted by molar-refractivity contribution is 0.102. The van der Waals surface area contributed by atoms with Crippen LogP contribution in [0.25, 0.3) is 0 Å². The average molecular weight is 364 g/mol. The standard InChI is InChI=1S/C20H16N2OS2/c1-3-15-7-6-8-16(11-15)22-20(23)18-9-4-5-10-19(18)25-13-17-12-24-14(2)21-17/h1,4-12H,13H2,2H3,(H,22,23). The molecule has 0 atom stereocenters. The van der Waals surface area contributed by atoms with Gasteiger partial charge in [0.15, 0.2) is 0 Å². The van der Waals surface area contributed by atoms with Crippen molar-refractivity contribution >= 4 is 34.7 Å². The lowest BCUT2D eigenvalue weighted by atomic mass is 10.2. The number of carbonyl (C=O) groups excluding carboxylic acids is 1. The summed E-state index contributed by atoms with van der Waals surface area (Å²) in [5.74, 6) is 3.16. The van der Waals surface area contributed by atoms with Crippen molar-refractivity contribution in [1.29, 1.82) is 0 Å². The van der Waals surface area contributed by atoms with E-state index in [2.05, 4.69) is 21.6 Å². The van der Waals surface area contributed by atoms with E-state index in [1.54, 1.807) is 29.2 Å². The fraction of sp³-hybridized carbons (Fsp3) is 0.100. The summed E-state index contributed by atoms with van der Waals surface area (Å²) in [6.45, 7) is 1.99. The van der Waals surface area contributed by atoms with Crippen molar-refractivity contribution in [1.82, 2.24) is 4.98 Å². The van der Waals surface area contributed by atoms with E-state index in [0.717, 1.165) is 26.9 Å². The van der Waals surface area contributed by atoms with Crippen molar-refractivity contribution in [2.75, 3.05) is 5.32 Å². The Balaban J connectivity index is 1.75. The summed E-state index contributed by atoms with van der Waals surface area (Å²) in [6, 6.07) is 14.9. The Morgan fingerprint density at radius 3 is 2.88 bits per heavy atom. The maximum absolute atomic E-state index is 12.7. The number of aromatic nitrogens is 1. The fourth-order valence-electron chi connectivity index (χ4n) is 2.29. The number of hydrogen-bond acceptors (Lipinski definition) is 4. The summed E-state index contributed by atoms with van der Waals surface area (Å²) < 4.78 is 0. The second kappa shape index (κ2) is 8.02. The number of carbonyl (C=O) groups is 1. The minimum Gasteiger partial charge on any atom is -0.322 e. The van der Waals surface area contributed by atoms with E-state index in [4.69, 9.17) is 6.42 Å². The van der Waals surface area contributed by atoms with Crippen LogP contribution < -0.4 is 5.32 Å². The first-order valence-corrected chi connectivity index (χ1v) is 9.53. The van der Waals surface area contributed by atoms with E-state index in [1.165, 1.54) is 0 Å². The molecule has 5 heteroatoms. The summed E-state index contributed by atoms with van der Waals surface area (Å²) >= 11 is 3.25. The van der Waals surface area contributed by atoms with Gasteiger partial charge in [0.05, 0.1) is 16.3 Å². The minimum absolute atomic E-state index is 0.147. The predicted octanol–water partition coefficient (Wildman–Crippen LogP) is 4.98. The predicted molar refractivity (Wildman–Crippen MR) is 105 cm³/mol. The number of rotatable bonds is 5. The van der Waals surface area contributed by atoms with Crippen molar-refractivity contribution < 1.29 is 4.79 Å². The summed E-state index contributed by atoms with van der Waals surface area (Å²) in [6.07, 6.45) is 5.41. The normalized spacial score (nSPS) is 10.2. The van der Waals surface area contributed by atoms with Crippen molar-refractivity contribution in [2.45, 2.75) is 17.6 Å². The van der Waals surface area contributed by atoms with Crippen molar-refractivity contribution in [3.63, 3.8) is 0 Å². The molecule has 3 aromatic rings. The fourth-order valence-corrected chi connectivity index (χ4v) is 3.95. The van der Waals surface area contributed by atoms with Crippen molar-refractivity contribution in [3.8, 4) is 12.3 Å². The zero-order valence-corrected chi connectivity index (χ0v) is 15.3. The molecule has 3 nitrogen and oxygen atoms in total. The lowest BCUT2D eigenvalue weighted by Gasteiger charge is -2.10. The molecule has 0 radical (unpaired) electrons. The number of nitrogens with one attached hydrogen (secondary N) is 1. The van der Waals surface area contributed by atoms with Gasteiger partial charge in [-0.3, -0.25) is 4.79 Å². The number of nitrogens with zero attached hydrogens (tertiary/aromatic N) is 1. The van der Waals surface area contributed by atoms with Gasteiger partial charge >= 0.3 is 0 Å². The van der Waals surface area contributed by atoms with Gasteiger partial charge in [0, 0.05) is 27.3 Å². The van der Waals surface area contributed by atoms with Crippen LogP contribution in [0.5, 0.6) is 0 Å². The van der Waals surface area contributed by atoms with Crippen molar-refractivity contribution in [3.05, 3.63) is 75.7 Å². The highest BCUT2D eigenvalue weighted by Crippen LogP contribution is 2.27. The van der Waals surface area contributed by atoms with Crippen LogP contribution in [0.4, 0.5) is 5.69 Å². The van der Waals surface area contributed by atoms with Gasteiger partial charge in [-0.25, -0.2) is 4.98 Å². The average Bonchev–Trinajstić information content (AvgIpc) is 3.05. The highest BCUT2D eigenvalue weighted by molar-refractivity contribution is 7.98. The van der Waals surface area contributed by atoms with Gasteiger partial charge in [-0.15, -0.1) is 29.5 Å². The van der Waals surface area contributed by atoms with E-state index in [0.29, 0.717) is 11.3 Å². The smallest absolute Gasteiger partial charge is 0.256 e. The summed E-state index contributed by atoms with van der Waals surface area (Å²) in [5, 5.41) is 6.02. The molecule has 1 N–H and O–H groups in total. The first kappa shape index (κ1) is 17.3. The quantitative estimate of drug-likeness (QED) is 0.513. The van der Waals surface area contributed by atoms with Crippen molar-refractivity contribution in [2.24, 2.45) is 0 Å². The first-order chi connectivity index (χ1) is 12.2. The molecule has 0 aliphatic rings. The van der Waals surface area contributed by atoms with Gasteiger partial charge < -0.3 is 5.32 Å². The maximum Gasteiger partial charge on any atom is 0.256 e. The van der Waals surface area contributed by atoms with Gasteiger partial charge in [0.25, 0.3) is 5.91 Å². The van der Waals surface area contributed by atoms with E-state index in [-0.39, 0.29) is 5.91 Å². The van der Waals surface area contributed by atoms with Gasteiger partial charge in [0.2, 0.25) is 0 Å². The molecule has 124 valence electrons. The Morgan fingerprint density at radius 2 is 2.12 bits per heavy atom. The summed E-state index contributed by atoms with van der Waals surface area (Å²) in [5.41, 5.74) is 3.10. The molecule has 3 rings (SSSR count). The number of amides is 1. The maximum atomic E-state index is 12.7. The van der Waals surface area contributed by atoms with Crippen LogP contribution in [0, 0.1) is 19.3 Å². The van der Waals surface area contributed by atoms with Crippen LogP contribution in [-0.2, 0) is 5.75 Å². The number of anilines is 1. The molecule has 0 bridgehead atoms. The minimum atomic E-state index is -0.147. The van der Waals surface area contributed by atoms with Crippen LogP contribution in [0.3, 0.4) is 0 Å². The molecule has 25 heavy (non-hydrogen) atoms. The van der Waals surface area contributed by atoms with Crippen LogP contribution in [0.2, 0.25) is 0 Å². The van der Waals surface area contributed by atoms with Crippen LogP contribution in [-0.4, -0.2) is 10.9 Å². The Labute approximate surface area is 155 Å². The third kappa shape index (κ3) is 4.50. The largest absolute Gasteiger partial charge is 0.322 e. The summed E-state index contributed by atoms with van der Waals surface area (Å²) in [4.78, 5) is 18.1. The molecule has 0 aliphatic heterocycles. The molecule has 0 saturated heterocycles. The second-order valence-corrected chi connectivity index (χ2v) is 7.40. The molecule has 0 fully saturated rings. The Bertz CT molecular complexity index is 941. The molecule has 1 heterocycles.